The predicted octanol–water partition coefficient (Wildman–Crippen LogP) is 2.93. The van der Waals surface area contributed by atoms with Gasteiger partial charge in [-0.2, -0.15) is 4.31 Å². The summed E-state index contributed by atoms with van der Waals surface area (Å²) in [5.74, 6) is -0.117. The summed E-state index contributed by atoms with van der Waals surface area (Å²) in [6, 6.07) is 10.1. The molecular weight excluding hydrogens is 378 g/mol. The van der Waals surface area contributed by atoms with Crippen LogP contribution < -0.4 is 5.32 Å². The van der Waals surface area contributed by atoms with Gasteiger partial charge in [0.1, 0.15) is 0 Å². The Morgan fingerprint density at radius 2 is 1.86 bits per heavy atom. The van der Waals surface area contributed by atoms with Gasteiger partial charge in [0.05, 0.1) is 11.1 Å². The lowest BCUT2D eigenvalue weighted by atomic mass is 10.2. The van der Waals surface area contributed by atoms with Gasteiger partial charge in [0.15, 0.2) is 11.3 Å². The van der Waals surface area contributed by atoms with E-state index in [0.717, 1.165) is 30.2 Å². The van der Waals surface area contributed by atoms with E-state index in [1.165, 1.54) is 0 Å². The molecule has 0 spiro atoms. The van der Waals surface area contributed by atoms with Gasteiger partial charge in [-0.3, -0.25) is 9.78 Å². The fraction of sp³-hybridized carbons (Fsp3) is 0.300. The number of benzene rings is 1. The lowest BCUT2D eigenvalue weighted by Crippen LogP contribution is -2.35. The van der Waals surface area contributed by atoms with E-state index in [1.807, 2.05) is 0 Å². The summed E-state index contributed by atoms with van der Waals surface area (Å²) in [4.78, 5) is 16.5. The summed E-state index contributed by atoms with van der Waals surface area (Å²) in [7, 11) is -3.44. The van der Waals surface area contributed by atoms with Crippen LogP contribution in [0.4, 0.5) is 0 Å². The Labute approximate surface area is 163 Å². The first-order valence-corrected chi connectivity index (χ1v) is 10.7. The van der Waals surface area contributed by atoms with Crippen molar-refractivity contribution in [3.05, 3.63) is 60.1 Å². The maximum absolute atomic E-state index is 12.7. The third kappa shape index (κ3) is 3.79. The molecule has 28 heavy (non-hydrogen) atoms. The fourth-order valence-corrected chi connectivity index (χ4v) is 4.82. The number of nitrogens with zero attached hydrogens (tertiary/aromatic N) is 2. The highest BCUT2D eigenvalue weighted by Crippen LogP contribution is 2.21. The normalized spacial score (nSPS) is 15.6. The van der Waals surface area contributed by atoms with Crippen LogP contribution in [0.5, 0.6) is 0 Å². The van der Waals surface area contributed by atoms with E-state index in [-0.39, 0.29) is 23.1 Å². The van der Waals surface area contributed by atoms with E-state index < -0.39 is 10.0 Å². The first-order valence-electron chi connectivity index (χ1n) is 9.25. The van der Waals surface area contributed by atoms with Gasteiger partial charge in [0, 0.05) is 31.2 Å². The van der Waals surface area contributed by atoms with Crippen LogP contribution in [0.2, 0.25) is 0 Å². The molecule has 4 rings (SSSR count). The molecule has 0 radical (unpaired) electrons. The van der Waals surface area contributed by atoms with Crippen LogP contribution in [-0.2, 0) is 16.6 Å². The minimum atomic E-state index is -3.44. The molecule has 0 unspecified atom stereocenters. The number of aromatic nitrogens is 1. The Morgan fingerprint density at radius 3 is 2.57 bits per heavy atom. The van der Waals surface area contributed by atoms with Crippen molar-refractivity contribution >= 4 is 26.9 Å². The van der Waals surface area contributed by atoms with Crippen LogP contribution in [0.1, 0.15) is 35.4 Å². The van der Waals surface area contributed by atoms with E-state index in [0.29, 0.717) is 18.7 Å². The maximum atomic E-state index is 12.7. The van der Waals surface area contributed by atoms with Crippen molar-refractivity contribution in [3.63, 3.8) is 0 Å². The largest absolute Gasteiger partial charge is 0.449 e. The molecule has 1 aliphatic rings. The molecule has 3 aromatic rings. The Hall–Kier alpha value is -2.71. The number of piperidine rings is 1. The van der Waals surface area contributed by atoms with Gasteiger partial charge < -0.3 is 9.73 Å². The Morgan fingerprint density at radius 1 is 1.11 bits per heavy atom. The Kier molecular flexibility index (Phi) is 5.15. The summed E-state index contributed by atoms with van der Waals surface area (Å²) in [6.45, 7) is 1.43. The number of rotatable bonds is 5. The number of furan rings is 1. The third-order valence-electron chi connectivity index (χ3n) is 4.88. The second kappa shape index (κ2) is 7.73. The molecule has 146 valence electrons. The van der Waals surface area contributed by atoms with E-state index >= 15 is 0 Å². The molecule has 7 nitrogen and oxygen atoms in total. The average Bonchev–Trinajstić information content (AvgIpc) is 3.17. The van der Waals surface area contributed by atoms with Crippen molar-refractivity contribution in [2.24, 2.45) is 0 Å². The second-order valence-corrected chi connectivity index (χ2v) is 8.75. The third-order valence-corrected chi connectivity index (χ3v) is 6.79. The van der Waals surface area contributed by atoms with Gasteiger partial charge in [-0.05, 0) is 42.7 Å². The molecular formula is C20H21N3O4S. The monoisotopic (exact) mass is 399 g/mol. The van der Waals surface area contributed by atoms with Gasteiger partial charge in [0.2, 0.25) is 10.0 Å². The number of carbonyl (C=O) groups excluding carboxylic acids is 1. The molecule has 1 aromatic carbocycles. The lowest BCUT2D eigenvalue weighted by Gasteiger charge is -2.25. The molecule has 3 heterocycles. The molecule has 0 atom stereocenters. The molecule has 8 heteroatoms. The molecule has 0 aliphatic carbocycles. The summed E-state index contributed by atoms with van der Waals surface area (Å²) in [5.41, 5.74) is 1.36. The summed E-state index contributed by atoms with van der Waals surface area (Å²) in [6.07, 6.45) is 6.08. The van der Waals surface area contributed by atoms with Crippen LogP contribution in [-0.4, -0.2) is 36.7 Å². The Balaban J connectivity index is 1.41. The highest BCUT2D eigenvalue weighted by atomic mass is 32.2. The number of fused-ring (bicyclic) bond motifs is 1. The van der Waals surface area contributed by atoms with Crippen molar-refractivity contribution in [1.82, 2.24) is 14.6 Å². The summed E-state index contributed by atoms with van der Waals surface area (Å²) in [5, 5.41) is 3.60. The SMILES string of the molecule is O=C(NCc1ccc(S(=O)(=O)N2CCCCC2)cc1)c1cc2ccncc2o1. The highest BCUT2D eigenvalue weighted by Gasteiger charge is 2.25. The van der Waals surface area contributed by atoms with Crippen molar-refractivity contribution in [2.45, 2.75) is 30.7 Å². The molecule has 0 saturated carbocycles. The number of nitrogens with one attached hydrogen (secondary N) is 1. The van der Waals surface area contributed by atoms with Crippen molar-refractivity contribution in [3.8, 4) is 0 Å². The molecule has 2 aromatic heterocycles. The molecule has 0 bridgehead atoms. The number of hydrogen-bond acceptors (Lipinski definition) is 5. The quantitative estimate of drug-likeness (QED) is 0.712. The predicted molar refractivity (Wildman–Crippen MR) is 104 cm³/mol. The number of carbonyl (C=O) groups is 1. The number of hydrogen-bond donors (Lipinski definition) is 1. The van der Waals surface area contributed by atoms with Gasteiger partial charge in [-0.15, -0.1) is 0 Å². The van der Waals surface area contributed by atoms with E-state index in [1.54, 1.807) is 53.1 Å². The fourth-order valence-electron chi connectivity index (χ4n) is 3.30. The van der Waals surface area contributed by atoms with Crippen molar-refractivity contribution in [2.75, 3.05) is 13.1 Å². The van der Waals surface area contributed by atoms with Gasteiger partial charge in [-0.1, -0.05) is 18.6 Å². The smallest absolute Gasteiger partial charge is 0.287 e. The molecule has 1 saturated heterocycles. The van der Waals surface area contributed by atoms with E-state index in [9.17, 15) is 13.2 Å². The van der Waals surface area contributed by atoms with Crippen LogP contribution in [0, 0.1) is 0 Å². The van der Waals surface area contributed by atoms with Gasteiger partial charge in [-0.25, -0.2) is 8.42 Å². The maximum Gasteiger partial charge on any atom is 0.287 e. The zero-order valence-corrected chi connectivity index (χ0v) is 16.1. The Bertz CT molecular complexity index is 1050. The minimum absolute atomic E-state index is 0.215. The molecule has 1 N–H and O–H groups in total. The molecule has 1 amide bonds. The van der Waals surface area contributed by atoms with E-state index in [2.05, 4.69) is 10.3 Å². The lowest BCUT2D eigenvalue weighted by molar-refractivity contribution is 0.0925. The highest BCUT2D eigenvalue weighted by molar-refractivity contribution is 7.89. The van der Waals surface area contributed by atoms with Crippen molar-refractivity contribution in [1.29, 1.82) is 0 Å². The molecule has 1 aliphatic heterocycles. The van der Waals surface area contributed by atoms with Gasteiger partial charge >= 0.3 is 0 Å². The number of pyridine rings is 1. The number of amides is 1. The first kappa shape index (κ1) is 18.6. The zero-order chi connectivity index (χ0) is 19.6. The summed E-state index contributed by atoms with van der Waals surface area (Å²) >= 11 is 0. The van der Waals surface area contributed by atoms with Crippen LogP contribution in [0.15, 0.2) is 58.1 Å². The summed E-state index contributed by atoms with van der Waals surface area (Å²) < 4.78 is 32.4. The van der Waals surface area contributed by atoms with Crippen LogP contribution >= 0.6 is 0 Å². The molecule has 1 fully saturated rings. The van der Waals surface area contributed by atoms with E-state index in [4.69, 9.17) is 4.42 Å². The van der Waals surface area contributed by atoms with Crippen molar-refractivity contribution < 1.29 is 17.6 Å². The number of sulfonamides is 1. The van der Waals surface area contributed by atoms with Gasteiger partial charge in [0.25, 0.3) is 5.91 Å². The standard InChI is InChI=1S/C20H21N3O4S/c24-20(18-12-16-8-9-21-14-19(16)27-18)22-13-15-4-6-17(7-5-15)28(25,26)23-10-2-1-3-11-23/h4-9,12,14H,1-3,10-11,13H2,(H,22,24). The zero-order valence-electron chi connectivity index (χ0n) is 15.3. The first-order chi connectivity index (χ1) is 13.5. The minimum Gasteiger partial charge on any atom is -0.449 e. The van der Waals surface area contributed by atoms with Crippen LogP contribution in [0.25, 0.3) is 11.0 Å². The average molecular weight is 399 g/mol. The second-order valence-electron chi connectivity index (χ2n) is 6.82. The van der Waals surface area contributed by atoms with Crippen LogP contribution in [0.3, 0.4) is 0 Å². The topological polar surface area (TPSA) is 92.5 Å².